The summed E-state index contributed by atoms with van der Waals surface area (Å²) in [7, 11) is 0. The molecule has 0 aliphatic carbocycles. The van der Waals surface area contributed by atoms with Crippen LogP contribution in [0.2, 0.25) is 0 Å². The van der Waals surface area contributed by atoms with Gasteiger partial charge >= 0.3 is 0 Å². The van der Waals surface area contributed by atoms with E-state index < -0.39 is 0 Å². The molecule has 222 valence electrons. The van der Waals surface area contributed by atoms with Crippen LogP contribution in [-0.2, 0) is 0 Å². The molecule has 3 heterocycles. The van der Waals surface area contributed by atoms with Crippen LogP contribution in [0.1, 0.15) is 5.56 Å². The second-order valence-electron chi connectivity index (χ2n) is 12.4. The van der Waals surface area contributed by atoms with E-state index in [1.54, 1.807) is 0 Å². The molecule has 0 saturated heterocycles. The fourth-order valence-corrected chi connectivity index (χ4v) is 9.32. The minimum absolute atomic E-state index is 1.10. The van der Waals surface area contributed by atoms with Crippen LogP contribution < -0.4 is 0 Å². The maximum Gasteiger partial charge on any atom is 0.0541 e. The van der Waals surface area contributed by atoms with E-state index in [9.17, 15) is 0 Å². The summed E-state index contributed by atoms with van der Waals surface area (Å²) >= 11 is 5.60. The minimum Gasteiger partial charge on any atom is -0.309 e. The third kappa shape index (κ3) is 3.95. The van der Waals surface area contributed by atoms with E-state index in [1.165, 1.54) is 91.8 Å². The molecular weight excluding hydrogens is 656 g/mol. The van der Waals surface area contributed by atoms with Crippen molar-refractivity contribution in [3.63, 3.8) is 0 Å². The zero-order valence-corrected chi connectivity index (χ0v) is 27.9. The summed E-state index contributed by atoms with van der Waals surface area (Å²) in [5.41, 5.74) is 11.0. The van der Waals surface area contributed by atoms with Crippen molar-refractivity contribution in [3.8, 4) is 22.5 Å². The lowest BCUT2D eigenvalue weighted by molar-refractivity contribution is 1.18. The van der Waals surface area contributed by atoms with Gasteiger partial charge in [-0.15, -0.1) is 11.3 Å². The van der Waals surface area contributed by atoms with E-state index in [0.717, 1.165) is 4.47 Å². The maximum absolute atomic E-state index is 3.70. The van der Waals surface area contributed by atoms with Crippen molar-refractivity contribution >= 4 is 91.1 Å². The molecule has 3 aromatic heterocycles. The van der Waals surface area contributed by atoms with Gasteiger partial charge in [0.25, 0.3) is 0 Å². The smallest absolute Gasteiger partial charge is 0.0541 e. The Hall–Kier alpha value is -5.16. The number of fused-ring (bicyclic) bond motifs is 9. The van der Waals surface area contributed by atoms with E-state index in [-0.39, 0.29) is 0 Å². The molecule has 7 aromatic carbocycles. The van der Waals surface area contributed by atoms with E-state index in [4.69, 9.17) is 0 Å². The predicted octanol–water partition coefficient (Wildman–Crippen LogP) is 13.0. The van der Waals surface area contributed by atoms with Crippen LogP contribution in [0.15, 0.2) is 150 Å². The molecule has 10 aromatic rings. The summed E-state index contributed by atoms with van der Waals surface area (Å²) < 4.78 is 8.57. The molecule has 0 saturated carbocycles. The van der Waals surface area contributed by atoms with Crippen LogP contribution in [0.5, 0.6) is 0 Å². The quantitative estimate of drug-likeness (QED) is 0.175. The van der Waals surface area contributed by atoms with E-state index in [0.29, 0.717) is 0 Å². The molecule has 0 aliphatic heterocycles. The molecule has 10 rings (SSSR count). The molecule has 47 heavy (non-hydrogen) atoms. The van der Waals surface area contributed by atoms with Crippen LogP contribution in [0, 0.1) is 6.92 Å². The number of nitrogens with zero attached hydrogens (tertiary/aromatic N) is 2. The summed E-state index contributed by atoms with van der Waals surface area (Å²) in [4.78, 5) is 0. The first-order valence-electron chi connectivity index (χ1n) is 15.9. The topological polar surface area (TPSA) is 9.86 Å². The summed E-state index contributed by atoms with van der Waals surface area (Å²) in [5, 5.41) is 7.66. The fraction of sp³-hybridized carbons (Fsp3) is 0.0233. The average Bonchev–Trinajstić information content (AvgIpc) is 3.75. The standard InChI is InChI=1S/C43H27BrN2S/c1-26-22-27(44)18-20-30(26)36-24-29(46-40-16-8-4-12-33(40)34-13-5-9-17-41(34)46)25-37-35-23-28(19-21-42(35)47-43(36)37)45-38-14-6-2-10-31(38)32-11-3-7-15-39(32)45/h2-25H,1H3. The van der Waals surface area contributed by atoms with Crippen LogP contribution in [-0.4, -0.2) is 9.13 Å². The summed E-state index contributed by atoms with van der Waals surface area (Å²) in [6.07, 6.45) is 0. The second-order valence-corrected chi connectivity index (χ2v) is 14.3. The number of benzene rings is 7. The molecule has 4 heteroatoms. The highest BCUT2D eigenvalue weighted by atomic mass is 79.9. The number of hydrogen-bond acceptors (Lipinski definition) is 1. The first-order valence-corrected chi connectivity index (χ1v) is 17.5. The number of rotatable bonds is 3. The molecule has 0 aliphatic rings. The van der Waals surface area contributed by atoms with Crippen LogP contribution in [0.4, 0.5) is 0 Å². The first kappa shape index (κ1) is 27.0. The molecule has 0 N–H and O–H groups in total. The third-order valence-corrected chi connectivity index (χ3v) is 11.4. The Balaban J connectivity index is 1.32. The second kappa shape index (κ2) is 10.2. The van der Waals surface area contributed by atoms with Gasteiger partial charge in [0.15, 0.2) is 0 Å². The van der Waals surface area contributed by atoms with E-state index in [1.807, 2.05) is 11.3 Å². The first-order chi connectivity index (χ1) is 23.1. The number of aromatic nitrogens is 2. The predicted molar refractivity (Wildman–Crippen MR) is 206 cm³/mol. The Morgan fingerprint density at radius 1 is 0.447 bits per heavy atom. The van der Waals surface area contributed by atoms with Crippen molar-refractivity contribution in [2.45, 2.75) is 6.92 Å². The number of halogens is 1. The van der Waals surface area contributed by atoms with E-state index in [2.05, 4.69) is 178 Å². The van der Waals surface area contributed by atoms with Crippen LogP contribution >= 0.6 is 27.3 Å². The van der Waals surface area contributed by atoms with Crippen LogP contribution in [0.3, 0.4) is 0 Å². The average molecular weight is 684 g/mol. The van der Waals surface area contributed by atoms with Gasteiger partial charge in [-0.2, -0.15) is 0 Å². The van der Waals surface area contributed by atoms with Gasteiger partial charge in [0, 0.05) is 63.1 Å². The number of hydrogen-bond donors (Lipinski definition) is 0. The van der Waals surface area contributed by atoms with Gasteiger partial charge in [-0.05, 0) is 84.8 Å². The molecule has 0 amide bonds. The Kier molecular flexibility index (Phi) is 5.84. The van der Waals surface area contributed by atoms with Crippen molar-refractivity contribution in [2.24, 2.45) is 0 Å². The summed E-state index contributed by atoms with van der Waals surface area (Å²) in [6, 6.07) is 53.5. The lowest BCUT2D eigenvalue weighted by Crippen LogP contribution is -1.95. The van der Waals surface area contributed by atoms with Crippen LogP contribution in [0.25, 0.3) is 86.3 Å². The Bertz CT molecular complexity index is 2780. The van der Waals surface area contributed by atoms with Crippen molar-refractivity contribution < 1.29 is 0 Å². The van der Waals surface area contributed by atoms with Crippen molar-refractivity contribution in [2.75, 3.05) is 0 Å². The summed E-state index contributed by atoms with van der Waals surface area (Å²) in [6.45, 7) is 2.22. The highest BCUT2D eigenvalue weighted by Gasteiger charge is 2.19. The normalized spacial score (nSPS) is 12.0. The highest BCUT2D eigenvalue weighted by Crippen LogP contribution is 2.45. The SMILES string of the molecule is Cc1cc(Br)ccc1-c1cc(-n2c3ccccc3c3ccccc32)cc2c1sc1ccc(-n3c4ccccc4c4ccccc43)cc12. The zero-order chi connectivity index (χ0) is 31.2. The monoisotopic (exact) mass is 682 g/mol. The molecule has 0 atom stereocenters. The molecule has 0 unspecified atom stereocenters. The molecule has 2 nitrogen and oxygen atoms in total. The van der Waals surface area contributed by atoms with Gasteiger partial charge in [0.05, 0.1) is 22.1 Å². The molecular formula is C43H27BrN2S. The largest absolute Gasteiger partial charge is 0.309 e. The van der Waals surface area contributed by atoms with E-state index >= 15 is 0 Å². The number of aryl methyl sites for hydroxylation is 1. The molecule has 0 spiro atoms. The molecule has 0 radical (unpaired) electrons. The molecule has 0 fully saturated rings. The lowest BCUT2D eigenvalue weighted by Gasteiger charge is -2.14. The minimum atomic E-state index is 1.10. The molecule has 0 bridgehead atoms. The number of thiophene rings is 1. The lowest BCUT2D eigenvalue weighted by atomic mass is 9.97. The number of para-hydroxylation sites is 4. The fourth-order valence-electron chi connectivity index (χ4n) is 7.65. The third-order valence-electron chi connectivity index (χ3n) is 9.69. The van der Waals surface area contributed by atoms with Crippen molar-refractivity contribution in [1.82, 2.24) is 9.13 Å². The van der Waals surface area contributed by atoms with Gasteiger partial charge in [-0.25, -0.2) is 0 Å². The van der Waals surface area contributed by atoms with Gasteiger partial charge in [-0.3, -0.25) is 0 Å². The zero-order valence-electron chi connectivity index (χ0n) is 25.5. The Labute approximate surface area is 283 Å². The Morgan fingerprint density at radius 2 is 0.957 bits per heavy atom. The van der Waals surface area contributed by atoms with Gasteiger partial charge in [-0.1, -0.05) is 94.8 Å². The highest BCUT2D eigenvalue weighted by molar-refractivity contribution is 9.10. The maximum atomic E-state index is 3.70. The van der Waals surface area contributed by atoms with Gasteiger partial charge < -0.3 is 9.13 Å². The van der Waals surface area contributed by atoms with Gasteiger partial charge in [0.2, 0.25) is 0 Å². The van der Waals surface area contributed by atoms with Crippen molar-refractivity contribution in [3.05, 3.63) is 156 Å². The Morgan fingerprint density at radius 3 is 1.51 bits per heavy atom. The summed E-state index contributed by atoms with van der Waals surface area (Å²) in [5.74, 6) is 0. The van der Waals surface area contributed by atoms with Crippen molar-refractivity contribution in [1.29, 1.82) is 0 Å². The van der Waals surface area contributed by atoms with Gasteiger partial charge in [0.1, 0.15) is 0 Å².